The molecule has 1 aromatic heterocycles. The summed E-state index contributed by atoms with van der Waals surface area (Å²) >= 11 is 0. The standard InChI is InChI=1S/C17H20O4/c1-6-7-12-15(17(19)21-16(12)18)14(9(2)3)13-8-10(4)20-11(13)5/h7-9H,6H2,1-5H3/b12-7-,15-14-. The molecule has 0 radical (unpaired) electrons. The molecule has 0 atom stereocenters. The Morgan fingerprint density at radius 2 is 1.90 bits per heavy atom. The van der Waals surface area contributed by atoms with Gasteiger partial charge < -0.3 is 9.15 Å². The van der Waals surface area contributed by atoms with Crippen LogP contribution in [0, 0.1) is 19.8 Å². The molecule has 0 bridgehead atoms. The van der Waals surface area contributed by atoms with Crippen molar-refractivity contribution in [3.63, 3.8) is 0 Å². The van der Waals surface area contributed by atoms with Gasteiger partial charge in [0.2, 0.25) is 0 Å². The Balaban J connectivity index is 2.75. The summed E-state index contributed by atoms with van der Waals surface area (Å²) in [5.41, 5.74) is 2.41. The van der Waals surface area contributed by atoms with Crippen LogP contribution in [0.3, 0.4) is 0 Å². The minimum absolute atomic E-state index is 0.0643. The zero-order valence-electron chi connectivity index (χ0n) is 13.1. The van der Waals surface area contributed by atoms with E-state index in [2.05, 4.69) is 0 Å². The number of rotatable bonds is 3. The molecule has 2 heterocycles. The van der Waals surface area contributed by atoms with Crippen molar-refractivity contribution in [1.82, 2.24) is 0 Å². The number of aryl methyl sites for hydroxylation is 2. The molecule has 4 nitrogen and oxygen atoms in total. The number of cyclic esters (lactones) is 2. The minimum atomic E-state index is -0.568. The van der Waals surface area contributed by atoms with Gasteiger partial charge in [0, 0.05) is 5.56 Å². The lowest BCUT2D eigenvalue weighted by atomic mass is 9.88. The fraction of sp³-hybridized carbons (Fsp3) is 0.412. The van der Waals surface area contributed by atoms with Crippen LogP contribution < -0.4 is 0 Å². The predicted molar refractivity (Wildman–Crippen MR) is 79.4 cm³/mol. The lowest BCUT2D eigenvalue weighted by Crippen LogP contribution is -2.05. The van der Waals surface area contributed by atoms with Gasteiger partial charge in [0.25, 0.3) is 0 Å². The first-order valence-corrected chi connectivity index (χ1v) is 7.15. The quantitative estimate of drug-likeness (QED) is 0.483. The molecule has 4 heteroatoms. The number of carbonyl (C=O) groups is 2. The van der Waals surface area contributed by atoms with Gasteiger partial charge in [-0.2, -0.15) is 0 Å². The van der Waals surface area contributed by atoms with Gasteiger partial charge >= 0.3 is 11.9 Å². The van der Waals surface area contributed by atoms with Crippen LogP contribution in [0.5, 0.6) is 0 Å². The van der Waals surface area contributed by atoms with Crippen LogP contribution in [0.25, 0.3) is 5.57 Å². The first kappa shape index (κ1) is 15.3. The maximum atomic E-state index is 12.1. The normalized spacial score (nSPS) is 19.6. The van der Waals surface area contributed by atoms with E-state index in [0.717, 1.165) is 22.7 Å². The number of hydrogen-bond donors (Lipinski definition) is 0. The molecule has 0 aromatic carbocycles. The Bertz CT molecular complexity index is 656. The average molecular weight is 288 g/mol. The maximum absolute atomic E-state index is 12.1. The fourth-order valence-electron chi connectivity index (χ4n) is 2.68. The van der Waals surface area contributed by atoms with Crippen LogP contribution in [0.15, 0.2) is 27.7 Å². The van der Waals surface area contributed by atoms with Gasteiger partial charge in [-0.05, 0) is 37.8 Å². The van der Waals surface area contributed by atoms with Gasteiger partial charge in [0.05, 0.1) is 11.1 Å². The molecule has 1 saturated heterocycles. The molecule has 1 aromatic rings. The highest BCUT2D eigenvalue weighted by molar-refractivity contribution is 6.22. The van der Waals surface area contributed by atoms with Crippen LogP contribution in [0.4, 0.5) is 0 Å². The SMILES string of the molecule is CC/C=C1\C(=O)OC(=O)\C1=C(/c1cc(C)oc1C)C(C)C. The van der Waals surface area contributed by atoms with Gasteiger partial charge in [-0.1, -0.05) is 26.8 Å². The molecule has 1 fully saturated rings. The third-order valence-corrected chi connectivity index (χ3v) is 3.46. The number of carbonyl (C=O) groups excluding carboxylic acids is 2. The van der Waals surface area contributed by atoms with E-state index < -0.39 is 11.9 Å². The third kappa shape index (κ3) is 2.71. The number of furan rings is 1. The molecule has 0 saturated carbocycles. The van der Waals surface area contributed by atoms with E-state index in [-0.39, 0.29) is 5.92 Å². The van der Waals surface area contributed by atoms with Gasteiger partial charge in [0.1, 0.15) is 11.5 Å². The van der Waals surface area contributed by atoms with Gasteiger partial charge in [0.15, 0.2) is 0 Å². The first-order chi connectivity index (χ1) is 9.86. The van der Waals surface area contributed by atoms with Crippen molar-refractivity contribution in [2.24, 2.45) is 5.92 Å². The van der Waals surface area contributed by atoms with Crippen molar-refractivity contribution in [2.75, 3.05) is 0 Å². The zero-order valence-corrected chi connectivity index (χ0v) is 13.1. The summed E-state index contributed by atoms with van der Waals surface area (Å²) in [6.07, 6.45) is 2.41. The summed E-state index contributed by atoms with van der Waals surface area (Å²) < 4.78 is 10.4. The molecule has 1 aliphatic rings. The number of esters is 2. The number of ether oxygens (including phenoxy) is 1. The fourth-order valence-corrected chi connectivity index (χ4v) is 2.68. The maximum Gasteiger partial charge on any atom is 0.347 e. The first-order valence-electron chi connectivity index (χ1n) is 7.15. The highest BCUT2D eigenvalue weighted by atomic mass is 16.6. The third-order valence-electron chi connectivity index (χ3n) is 3.46. The molecule has 0 spiro atoms. The Kier molecular flexibility index (Phi) is 4.16. The Morgan fingerprint density at radius 1 is 1.24 bits per heavy atom. The van der Waals surface area contributed by atoms with E-state index >= 15 is 0 Å². The molecular formula is C17H20O4. The van der Waals surface area contributed by atoms with Crippen LogP contribution in [0.2, 0.25) is 0 Å². The van der Waals surface area contributed by atoms with E-state index in [1.807, 2.05) is 40.7 Å². The highest BCUT2D eigenvalue weighted by Crippen LogP contribution is 2.37. The molecule has 0 amide bonds. The monoisotopic (exact) mass is 288 g/mol. The summed E-state index contributed by atoms with van der Waals surface area (Å²) in [6.45, 7) is 9.62. The van der Waals surface area contributed by atoms with E-state index in [1.165, 1.54) is 0 Å². The summed E-state index contributed by atoms with van der Waals surface area (Å²) in [7, 11) is 0. The van der Waals surface area contributed by atoms with Gasteiger partial charge in [-0.25, -0.2) is 9.59 Å². The van der Waals surface area contributed by atoms with Gasteiger partial charge in [-0.3, -0.25) is 0 Å². The second-order valence-corrected chi connectivity index (χ2v) is 5.47. The largest absolute Gasteiger partial charge is 0.466 e. The van der Waals surface area contributed by atoms with Crippen molar-refractivity contribution in [3.8, 4) is 0 Å². The van der Waals surface area contributed by atoms with Crippen molar-refractivity contribution in [3.05, 3.63) is 40.4 Å². The Morgan fingerprint density at radius 3 is 2.38 bits per heavy atom. The summed E-state index contributed by atoms with van der Waals surface area (Å²) in [5, 5.41) is 0. The lowest BCUT2D eigenvalue weighted by Gasteiger charge is -2.13. The lowest BCUT2D eigenvalue weighted by molar-refractivity contribution is -0.149. The van der Waals surface area contributed by atoms with E-state index in [9.17, 15) is 9.59 Å². The minimum Gasteiger partial charge on any atom is -0.466 e. The Hall–Kier alpha value is -2.10. The Labute approximate surface area is 124 Å². The molecular weight excluding hydrogens is 268 g/mol. The van der Waals surface area contributed by atoms with Crippen molar-refractivity contribution < 1.29 is 18.7 Å². The molecule has 112 valence electrons. The van der Waals surface area contributed by atoms with E-state index in [0.29, 0.717) is 17.6 Å². The molecule has 1 aliphatic heterocycles. The second-order valence-electron chi connectivity index (χ2n) is 5.47. The van der Waals surface area contributed by atoms with Crippen LogP contribution in [-0.2, 0) is 14.3 Å². The summed E-state index contributed by atoms with van der Waals surface area (Å²) in [4.78, 5) is 24.0. The second kappa shape index (κ2) is 5.72. The topological polar surface area (TPSA) is 56.5 Å². The molecule has 21 heavy (non-hydrogen) atoms. The van der Waals surface area contributed by atoms with E-state index in [4.69, 9.17) is 9.15 Å². The smallest absolute Gasteiger partial charge is 0.347 e. The highest BCUT2D eigenvalue weighted by Gasteiger charge is 2.37. The zero-order chi connectivity index (χ0) is 15.7. The van der Waals surface area contributed by atoms with Crippen molar-refractivity contribution in [1.29, 1.82) is 0 Å². The predicted octanol–water partition coefficient (Wildman–Crippen LogP) is 3.73. The molecule has 2 rings (SSSR count). The summed E-state index contributed by atoms with van der Waals surface area (Å²) in [5.74, 6) is 0.454. The average Bonchev–Trinajstić information content (AvgIpc) is 2.83. The van der Waals surface area contributed by atoms with Crippen LogP contribution in [-0.4, -0.2) is 11.9 Å². The van der Waals surface area contributed by atoms with Crippen LogP contribution >= 0.6 is 0 Å². The number of hydrogen-bond acceptors (Lipinski definition) is 4. The van der Waals surface area contributed by atoms with E-state index in [1.54, 1.807) is 6.08 Å². The molecule has 0 unspecified atom stereocenters. The summed E-state index contributed by atoms with van der Waals surface area (Å²) in [6, 6.07) is 1.90. The van der Waals surface area contributed by atoms with Gasteiger partial charge in [-0.15, -0.1) is 0 Å². The molecule has 0 aliphatic carbocycles. The number of allylic oxidation sites excluding steroid dienone is 2. The molecule has 0 N–H and O–H groups in total. The van der Waals surface area contributed by atoms with Crippen molar-refractivity contribution in [2.45, 2.75) is 41.0 Å². The van der Waals surface area contributed by atoms with Crippen molar-refractivity contribution >= 4 is 17.5 Å². The van der Waals surface area contributed by atoms with Crippen LogP contribution in [0.1, 0.15) is 44.3 Å².